The number of aryl methyl sites for hydroxylation is 1. The molecule has 0 spiro atoms. The summed E-state index contributed by atoms with van der Waals surface area (Å²) in [6.45, 7) is 5.38. The molecule has 1 heterocycles. The van der Waals surface area contributed by atoms with Gasteiger partial charge < -0.3 is 4.98 Å². The topological polar surface area (TPSA) is 28.1 Å². The van der Waals surface area contributed by atoms with Gasteiger partial charge in [-0.25, -0.2) is 0 Å². The highest BCUT2D eigenvalue weighted by Gasteiger charge is 1.90. The molecule has 2 nitrogen and oxygen atoms in total. The molecule has 2 heteroatoms. The maximum atomic E-state index is 3.75. The molecule has 1 N–H and O–H groups in total. The molecule has 0 saturated carbocycles. The minimum atomic E-state index is 0.935. The molecule has 1 rings (SSSR count). The first-order valence-corrected chi connectivity index (χ1v) is 2.44. The maximum absolute atomic E-state index is 3.75. The Morgan fingerprint density at radius 1 is 1.62 bits per heavy atom. The fourth-order valence-corrected chi connectivity index (χ4v) is 0.604. The van der Waals surface area contributed by atoms with Crippen molar-refractivity contribution in [1.29, 1.82) is 0 Å². The summed E-state index contributed by atoms with van der Waals surface area (Å²) in [5.74, 6) is 0. The zero-order valence-corrected chi connectivity index (χ0v) is 4.81. The average Bonchev–Trinajstić information content (AvgIpc) is 2.14. The van der Waals surface area contributed by atoms with Crippen LogP contribution in [0.5, 0.6) is 0 Å². The Bertz CT molecular complexity index is 188. The number of hydrogen-bond acceptors (Lipinski definition) is 1. The number of nitrogens with one attached hydrogen (secondary N) is 1. The molecule has 0 atom stereocenters. The highest BCUT2D eigenvalue weighted by atomic mass is 14.8. The van der Waals surface area contributed by atoms with E-state index in [2.05, 4.69) is 16.7 Å². The Morgan fingerprint density at radius 2 is 2.38 bits per heavy atom. The van der Waals surface area contributed by atoms with E-state index in [4.69, 9.17) is 0 Å². The lowest BCUT2D eigenvalue weighted by atomic mass is 10.3. The molecular weight excluding hydrogens is 100 g/mol. The monoisotopic (exact) mass is 108 g/mol. The number of hydrogen-bond donors (Lipinski definition) is 1. The number of nitrogens with zero attached hydrogens (tertiary/aromatic N) is 1. The summed E-state index contributed by atoms with van der Waals surface area (Å²) in [5.41, 5.74) is 2.07. The van der Waals surface area contributed by atoms with Gasteiger partial charge in [0.1, 0.15) is 0 Å². The molecule has 8 heavy (non-hydrogen) atoms. The Kier molecular flexibility index (Phi) is 1.16. The fourth-order valence-electron chi connectivity index (χ4n) is 0.604. The smallest absolute Gasteiger partial charge is 0.0825 e. The molecule has 0 unspecified atom stereocenters. The molecule has 0 aromatic carbocycles. The van der Waals surface area contributed by atoms with Gasteiger partial charge in [-0.3, -0.25) is 4.99 Å². The molecule has 0 aliphatic rings. The molecule has 0 radical (unpaired) electrons. The first kappa shape index (κ1) is 5.09. The summed E-state index contributed by atoms with van der Waals surface area (Å²) in [6.07, 6.45) is 3.71. The van der Waals surface area contributed by atoms with Crippen LogP contribution in [-0.4, -0.2) is 11.7 Å². The normalized spacial score (nSPS) is 9.12. The van der Waals surface area contributed by atoms with Crippen molar-refractivity contribution in [2.24, 2.45) is 4.99 Å². The van der Waals surface area contributed by atoms with Gasteiger partial charge in [0.15, 0.2) is 0 Å². The van der Waals surface area contributed by atoms with E-state index in [9.17, 15) is 0 Å². The second kappa shape index (κ2) is 1.82. The van der Waals surface area contributed by atoms with Gasteiger partial charge in [-0.15, -0.1) is 0 Å². The van der Waals surface area contributed by atoms with Crippen LogP contribution in [0.1, 0.15) is 5.56 Å². The summed E-state index contributed by atoms with van der Waals surface area (Å²) in [7, 11) is 0. The third-order valence-corrected chi connectivity index (χ3v) is 1.09. The summed E-state index contributed by atoms with van der Waals surface area (Å²) in [4.78, 5) is 6.66. The minimum Gasteiger partial charge on any atom is -0.365 e. The predicted octanol–water partition coefficient (Wildman–Crippen LogP) is 1.66. The third-order valence-electron chi connectivity index (χ3n) is 1.09. The molecule has 0 bridgehead atoms. The number of H-pyrrole nitrogens is 1. The Balaban J connectivity index is 3.09. The molecule has 1 aromatic rings. The van der Waals surface area contributed by atoms with E-state index in [1.165, 1.54) is 0 Å². The molecule has 0 aliphatic heterocycles. The van der Waals surface area contributed by atoms with Gasteiger partial charge in [-0.2, -0.15) is 0 Å². The van der Waals surface area contributed by atoms with Crippen molar-refractivity contribution >= 4 is 12.4 Å². The number of rotatable bonds is 1. The Hall–Kier alpha value is -1.05. The molecular formula is C6H8N2. The number of aliphatic imine (C=N–C) groups is 1. The lowest BCUT2D eigenvalue weighted by molar-refractivity contribution is 1.39. The van der Waals surface area contributed by atoms with Crippen molar-refractivity contribution in [2.45, 2.75) is 6.92 Å². The maximum Gasteiger partial charge on any atom is 0.0825 e. The minimum absolute atomic E-state index is 0.935. The van der Waals surface area contributed by atoms with E-state index < -0.39 is 0 Å². The zero-order chi connectivity index (χ0) is 5.98. The van der Waals surface area contributed by atoms with Crippen molar-refractivity contribution < 1.29 is 0 Å². The van der Waals surface area contributed by atoms with Crippen LogP contribution >= 0.6 is 0 Å². The van der Waals surface area contributed by atoms with Crippen molar-refractivity contribution in [3.8, 4) is 0 Å². The van der Waals surface area contributed by atoms with Gasteiger partial charge in [-0.1, -0.05) is 0 Å². The van der Waals surface area contributed by atoms with Gasteiger partial charge in [0.05, 0.1) is 5.69 Å². The van der Waals surface area contributed by atoms with Gasteiger partial charge in [0.2, 0.25) is 0 Å². The van der Waals surface area contributed by atoms with Crippen LogP contribution in [0.25, 0.3) is 0 Å². The molecule has 0 amide bonds. The lowest BCUT2D eigenvalue weighted by Crippen LogP contribution is -1.58. The summed E-state index contributed by atoms with van der Waals surface area (Å²) < 4.78 is 0. The predicted molar refractivity (Wildman–Crippen MR) is 34.7 cm³/mol. The van der Waals surface area contributed by atoms with E-state index in [1.54, 1.807) is 0 Å². The molecule has 42 valence electrons. The van der Waals surface area contributed by atoms with Gasteiger partial charge in [0, 0.05) is 12.4 Å². The fraction of sp³-hybridized carbons (Fsp3) is 0.167. The first-order chi connectivity index (χ1) is 3.84. The van der Waals surface area contributed by atoms with Gasteiger partial charge >= 0.3 is 0 Å². The van der Waals surface area contributed by atoms with E-state index in [0.717, 1.165) is 11.3 Å². The first-order valence-electron chi connectivity index (χ1n) is 2.44. The standard InChI is InChI=1S/C6H8N2/c1-5-3-8-4-6(5)7-2/h3-4,8H,2H2,1H3. The van der Waals surface area contributed by atoms with Gasteiger partial charge in [-0.05, 0) is 19.2 Å². The molecule has 0 saturated heterocycles. The van der Waals surface area contributed by atoms with E-state index in [0.29, 0.717) is 0 Å². The summed E-state index contributed by atoms with van der Waals surface area (Å²) in [6, 6.07) is 0. The van der Waals surface area contributed by atoms with Crippen LogP contribution in [0.4, 0.5) is 5.69 Å². The van der Waals surface area contributed by atoms with Crippen LogP contribution in [0.2, 0.25) is 0 Å². The highest BCUT2D eigenvalue weighted by Crippen LogP contribution is 2.14. The van der Waals surface area contributed by atoms with Crippen LogP contribution in [0.15, 0.2) is 17.4 Å². The highest BCUT2D eigenvalue weighted by molar-refractivity contribution is 5.48. The van der Waals surface area contributed by atoms with Crippen LogP contribution in [-0.2, 0) is 0 Å². The number of aromatic amines is 1. The second-order valence-corrected chi connectivity index (χ2v) is 1.68. The Labute approximate surface area is 48.3 Å². The van der Waals surface area contributed by atoms with E-state index in [1.807, 2.05) is 19.3 Å². The Morgan fingerprint density at radius 3 is 2.62 bits per heavy atom. The summed E-state index contributed by atoms with van der Waals surface area (Å²) >= 11 is 0. The molecule has 0 fully saturated rings. The van der Waals surface area contributed by atoms with Crippen LogP contribution in [0.3, 0.4) is 0 Å². The number of aromatic nitrogens is 1. The van der Waals surface area contributed by atoms with Crippen molar-refractivity contribution in [2.75, 3.05) is 0 Å². The van der Waals surface area contributed by atoms with Crippen molar-refractivity contribution in [1.82, 2.24) is 4.98 Å². The van der Waals surface area contributed by atoms with E-state index in [-0.39, 0.29) is 0 Å². The summed E-state index contributed by atoms with van der Waals surface area (Å²) in [5, 5.41) is 0. The molecule has 1 aromatic heterocycles. The van der Waals surface area contributed by atoms with Gasteiger partial charge in [0.25, 0.3) is 0 Å². The quantitative estimate of drug-likeness (QED) is 0.530. The third kappa shape index (κ3) is 0.644. The second-order valence-electron chi connectivity index (χ2n) is 1.68. The van der Waals surface area contributed by atoms with Crippen LogP contribution < -0.4 is 0 Å². The zero-order valence-electron chi connectivity index (χ0n) is 4.81. The average molecular weight is 108 g/mol. The SMILES string of the molecule is C=Nc1c[nH]cc1C. The molecule has 0 aliphatic carbocycles. The largest absolute Gasteiger partial charge is 0.365 e. The lowest BCUT2D eigenvalue weighted by Gasteiger charge is -1.82. The van der Waals surface area contributed by atoms with Crippen molar-refractivity contribution in [3.63, 3.8) is 0 Å². The van der Waals surface area contributed by atoms with E-state index >= 15 is 0 Å². The van der Waals surface area contributed by atoms with Crippen molar-refractivity contribution in [3.05, 3.63) is 18.0 Å². The van der Waals surface area contributed by atoms with Crippen LogP contribution in [0, 0.1) is 6.92 Å².